The van der Waals surface area contributed by atoms with Gasteiger partial charge in [-0.15, -0.1) is 0 Å². The smallest absolute Gasteiger partial charge is 0.188 e. The summed E-state index contributed by atoms with van der Waals surface area (Å²) in [6, 6.07) is 5.23. The molecule has 11 heavy (non-hydrogen) atoms. The highest BCUT2D eigenvalue weighted by atomic mass is 19.1. The third-order valence-electron chi connectivity index (χ3n) is 1.29. The average molecular weight is 154 g/mol. The van der Waals surface area contributed by atoms with Gasteiger partial charge in [0.2, 0.25) is 0 Å². The number of aliphatic hydroxyl groups is 1. The van der Waals surface area contributed by atoms with Crippen molar-refractivity contribution in [2.24, 2.45) is 0 Å². The fraction of sp³-hybridized carbons (Fsp3) is 0.125. The highest BCUT2D eigenvalue weighted by Gasteiger charge is 2.03. The van der Waals surface area contributed by atoms with Crippen molar-refractivity contribution in [3.63, 3.8) is 0 Å². The third-order valence-corrected chi connectivity index (χ3v) is 1.29. The van der Waals surface area contributed by atoms with E-state index in [2.05, 4.69) is 0 Å². The molecule has 0 spiro atoms. The first kappa shape index (κ1) is 7.88. The maximum atomic E-state index is 12.4. The molecular formula is C8H7FO2. The molecular weight excluding hydrogens is 147 g/mol. The Labute approximate surface area is 63.3 Å². The van der Waals surface area contributed by atoms with Gasteiger partial charge in [-0.05, 0) is 12.1 Å². The maximum absolute atomic E-state index is 12.4. The van der Waals surface area contributed by atoms with E-state index in [9.17, 15) is 9.18 Å². The van der Waals surface area contributed by atoms with E-state index >= 15 is 0 Å². The second kappa shape index (κ2) is 3.25. The minimum Gasteiger partial charge on any atom is -0.388 e. The molecule has 0 atom stereocenters. The lowest BCUT2D eigenvalue weighted by molar-refractivity contribution is 0.0903. The quantitative estimate of drug-likeness (QED) is 0.645. The molecule has 0 saturated carbocycles. The first-order valence-electron chi connectivity index (χ1n) is 3.13. The van der Waals surface area contributed by atoms with Gasteiger partial charge in [0.25, 0.3) is 0 Å². The summed E-state index contributed by atoms with van der Waals surface area (Å²) in [5, 5.41) is 8.41. The number of ketones is 1. The van der Waals surface area contributed by atoms with Crippen LogP contribution in [0, 0.1) is 5.82 Å². The summed E-state index contributed by atoms with van der Waals surface area (Å²) in [5.41, 5.74) is 0.201. The van der Waals surface area contributed by atoms with Gasteiger partial charge in [0.15, 0.2) is 5.78 Å². The van der Waals surface area contributed by atoms with Crippen molar-refractivity contribution in [1.82, 2.24) is 0 Å². The van der Waals surface area contributed by atoms with Gasteiger partial charge in [0.05, 0.1) is 0 Å². The number of Topliss-reactive ketones (excluding diaryl/α,β-unsaturated/α-hetero) is 1. The number of carbonyl (C=O) groups is 1. The zero-order valence-corrected chi connectivity index (χ0v) is 5.75. The van der Waals surface area contributed by atoms with Gasteiger partial charge in [-0.3, -0.25) is 4.79 Å². The van der Waals surface area contributed by atoms with Gasteiger partial charge in [0, 0.05) is 5.56 Å². The molecule has 58 valence electrons. The van der Waals surface area contributed by atoms with Crippen LogP contribution in [0.4, 0.5) is 4.39 Å². The van der Waals surface area contributed by atoms with Crippen LogP contribution in [0.1, 0.15) is 10.4 Å². The molecule has 1 aromatic carbocycles. The van der Waals surface area contributed by atoms with Gasteiger partial charge in [0.1, 0.15) is 12.4 Å². The van der Waals surface area contributed by atoms with E-state index in [1.54, 1.807) is 0 Å². The Kier molecular flexibility index (Phi) is 2.33. The molecule has 0 fully saturated rings. The van der Waals surface area contributed by atoms with Crippen LogP contribution >= 0.6 is 0 Å². The summed E-state index contributed by atoms with van der Waals surface area (Å²) in [6.07, 6.45) is 0. The summed E-state index contributed by atoms with van der Waals surface area (Å²) in [7, 11) is 0. The number of rotatable bonds is 2. The number of aliphatic hydroxyl groups excluding tert-OH is 1. The molecule has 1 aromatic rings. The Morgan fingerprint density at radius 2 is 2.27 bits per heavy atom. The van der Waals surface area contributed by atoms with Crippen LogP contribution in [0.5, 0.6) is 0 Å². The van der Waals surface area contributed by atoms with Crippen molar-refractivity contribution in [2.75, 3.05) is 6.61 Å². The van der Waals surface area contributed by atoms with Gasteiger partial charge >= 0.3 is 0 Å². The second-order valence-corrected chi connectivity index (χ2v) is 2.09. The van der Waals surface area contributed by atoms with E-state index in [0.29, 0.717) is 0 Å². The van der Waals surface area contributed by atoms with E-state index in [4.69, 9.17) is 5.11 Å². The Hall–Kier alpha value is -1.22. The topological polar surface area (TPSA) is 37.3 Å². The molecule has 0 saturated heterocycles. The van der Waals surface area contributed by atoms with Crippen LogP contribution < -0.4 is 0 Å². The molecule has 0 aliphatic rings. The SMILES string of the molecule is O=C(CO)c1cccc(F)c1. The van der Waals surface area contributed by atoms with E-state index in [0.717, 1.165) is 6.07 Å². The molecule has 0 aliphatic carbocycles. The molecule has 0 radical (unpaired) electrons. The predicted molar refractivity (Wildman–Crippen MR) is 37.8 cm³/mol. The van der Waals surface area contributed by atoms with E-state index in [-0.39, 0.29) is 5.56 Å². The first-order chi connectivity index (χ1) is 5.24. The fourth-order valence-corrected chi connectivity index (χ4v) is 0.753. The van der Waals surface area contributed by atoms with Crippen molar-refractivity contribution in [1.29, 1.82) is 0 Å². The standard InChI is InChI=1S/C8H7FO2/c9-7-3-1-2-6(4-7)8(11)5-10/h1-4,10H,5H2. The molecule has 0 aliphatic heterocycles. The van der Waals surface area contributed by atoms with Gasteiger partial charge in [-0.1, -0.05) is 12.1 Å². The normalized spacial score (nSPS) is 9.64. The first-order valence-corrected chi connectivity index (χ1v) is 3.13. The summed E-state index contributed by atoms with van der Waals surface area (Å²) < 4.78 is 12.4. The number of halogens is 1. The van der Waals surface area contributed by atoms with Crippen molar-refractivity contribution < 1.29 is 14.3 Å². The Bertz CT molecular complexity index is 271. The van der Waals surface area contributed by atoms with E-state index in [1.807, 2.05) is 0 Å². The van der Waals surface area contributed by atoms with Crippen molar-refractivity contribution in [2.45, 2.75) is 0 Å². The minimum absolute atomic E-state index is 0.201. The molecule has 0 aromatic heterocycles. The third kappa shape index (κ3) is 1.85. The Morgan fingerprint density at radius 1 is 1.55 bits per heavy atom. The predicted octanol–water partition coefficient (Wildman–Crippen LogP) is 1.00. The molecule has 0 bridgehead atoms. The molecule has 2 nitrogen and oxygen atoms in total. The van der Waals surface area contributed by atoms with Crippen molar-refractivity contribution in [3.8, 4) is 0 Å². The van der Waals surface area contributed by atoms with Gasteiger partial charge in [-0.25, -0.2) is 4.39 Å². The summed E-state index contributed by atoms with van der Waals surface area (Å²) in [4.78, 5) is 10.7. The molecule has 1 rings (SSSR count). The highest BCUT2D eigenvalue weighted by Crippen LogP contribution is 2.03. The number of benzene rings is 1. The van der Waals surface area contributed by atoms with Gasteiger partial charge in [-0.2, -0.15) is 0 Å². The van der Waals surface area contributed by atoms with E-state index < -0.39 is 18.2 Å². The lowest BCUT2D eigenvalue weighted by Crippen LogP contribution is -2.03. The average Bonchev–Trinajstić information content (AvgIpc) is 2.03. The lowest BCUT2D eigenvalue weighted by atomic mass is 10.1. The van der Waals surface area contributed by atoms with Crippen molar-refractivity contribution >= 4 is 5.78 Å². The van der Waals surface area contributed by atoms with Crippen LogP contribution in [0.25, 0.3) is 0 Å². The highest BCUT2D eigenvalue weighted by molar-refractivity contribution is 5.96. The molecule has 0 amide bonds. The van der Waals surface area contributed by atoms with E-state index in [1.165, 1.54) is 18.2 Å². The minimum atomic E-state index is -0.580. The van der Waals surface area contributed by atoms with Crippen molar-refractivity contribution in [3.05, 3.63) is 35.6 Å². The van der Waals surface area contributed by atoms with Crippen LogP contribution in [0.15, 0.2) is 24.3 Å². The summed E-state index contributed by atoms with van der Waals surface area (Å²) in [5.74, 6) is -0.936. The molecule has 3 heteroatoms. The van der Waals surface area contributed by atoms with Crippen LogP contribution in [-0.4, -0.2) is 17.5 Å². The zero-order chi connectivity index (χ0) is 8.27. The fourth-order valence-electron chi connectivity index (χ4n) is 0.753. The summed E-state index contributed by atoms with van der Waals surface area (Å²) in [6.45, 7) is -0.580. The second-order valence-electron chi connectivity index (χ2n) is 2.09. The van der Waals surface area contributed by atoms with Crippen LogP contribution in [0.2, 0.25) is 0 Å². The lowest BCUT2D eigenvalue weighted by Gasteiger charge is -1.95. The number of carbonyl (C=O) groups excluding carboxylic acids is 1. The monoisotopic (exact) mass is 154 g/mol. The maximum Gasteiger partial charge on any atom is 0.188 e. The largest absolute Gasteiger partial charge is 0.388 e. The van der Waals surface area contributed by atoms with Crippen LogP contribution in [-0.2, 0) is 0 Å². The molecule has 0 unspecified atom stereocenters. The zero-order valence-electron chi connectivity index (χ0n) is 5.75. The molecule has 1 N–H and O–H groups in total. The molecule has 0 heterocycles. The Morgan fingerprint density at radius 3 is 2.82 bits per heavy atom. The van der Waals surface area contributed by atoms with Gasteiger partial charge < -0.3 is 5.11 Å². The Balaban J connectivity index is 2.96. The summed E-state index contributed by atoms with van der Waals surface area (Å²) >= 11 is 0. The number of hydrogen-bond donors (Lipinski definition) is 1. The van der Waals surface area contributed by atoms with Crippen LogP contribution in [0.3, 0.4) is 0 Å². The number of hydrogen-bond acceptors (Lipinski definition) is 2.